The van der Waals surface area contributed by atoms with Crippen LogP contribution >= 0.6 is 0 Å². The number of aryl methyl sites for hydroxylation is 2. The fraction of sp³-hybridized carbons (Fsp3) is 0.348. The highest BCUT2D eigenvalue weighted by Gasteiger charge is 2.21. The quantitative estimate of drug-likeness (QED) is 0.508. The van der Waals surface area contributed by atoms with Gasteiger partial charge in [-0.25, -0.2) is 9.50 Å². The molecule has 0 saturated carbocycles. The van der Waals surface area contributed by atoms with E-state index >= 15 is 0 Å². The monoisotopic (exact) mass is 389 g/mol. The molecule has 4 aromatic rings. The Morgan fingerprint density at radius 2 is 1.86 bits per heavy atom. The second-order valence-electron chi connectivity index (χ2n) is 7.67. The van der Waals surface area contributed by atoms with Gasteiger partial charge in [-0.15, -0.1) is 5.10 Å². The summed E-state index contributed by atoms with van der Waals surface area (Å²) in [5.74, 6) is 1.04. The maximum Gasteiger partial charge on any atom is 0.278 e. The van der Waals surface area contributed by atoms with Crippen molar-refractivity contribution in [2.75, 3.05) is 0 Å². The molecule has 0 radical (unpaired) electrons. The second-order valence-corrected chi connectivity index (χ2v) is 7.67. The van der Waals surface area contributed by atoms with Gasteiger partial charge in [0.2, 0.25) is 0 Å². The molecule has 0 N–H and O–H groups in total. The third-order valence-corrected chi connectivity index (χ3v) is 5.88. The highest BCUT2D eigenvalue weighted by atomic mass is 16.1. The van der Waals surface area contributed by atoms with Crippen LogP contribution in [-0.4, -0.2) is 23.7 Å². The van der Waals surface area contributed by atoms with Gasteiger partial charge < -0.3 is 4.57 Å². The molecule has 4 rings (SSSR count). The molecule has 0 aliphatic carbocycles. The van der Waals surface area contributed by atoms with Crippen molar-refractivity contribution in [2.45, 2.75) is 46.5 Å². The van der Waals surface area contributed by atoms with Crippen LogP contribution in [-0.2, 0) is 7.05 Å². The lowest BCUT2D eigenvalue weighted by Crippen LogP contribution is -2.24. The number of hydrogen-bond acceptors (Lipinski definition) is 3. The molecule has 0 bridgehead atoms. The Morgan fingerprint density at radius 1 is 1.10 bits per heavy atom. The van der Waals surface area contributed by atoms with E-state index in [1.165, 1.54) is 0 Å². The first-order valence-electron chi connectivity index (χ1n) is 10.1. The topological polar surface area (TPSA) is 57.1 Å². The second kappa shape index (κ2) is 7.35. The van der Waals surface area contributed by atoms with Gasteiger partial charge in [0.25, 0.3) is 5.56 Å². The molecular weight excluding hydrogens is 362 g/mol. The minimum Gasteiger partial charge on any atom is -0.306 e. The molecule has 3 aromatic heterocycles. The van der Waals surface area contributed by atoms with E-state index in [9.17, 15) is 4.79 Å². The van der Waals surface area contributed by atoms with Crippen LogP contribution in [0.1, 0.15) is 49.4 Å². The summed E-state index contributed by atoms with van der Waals surface area (Å²) in [4.78, 5) is 17.5. The van der Waals surface area contributed by atoms with E-state index < -0.39 is 0 Å². The van der Waals surface area contributed by atoms with Gasteiger partial charge in [0.15, 0.2) is 5.82 Å². The summed E-state index contributed by atoms with van der Waals surface area (Å²) in [6.07, 6.45) is 7.47. The Kier molecular flexibility index (Phi) is 4.86. The SMILES string of the molecule is CCC(CC)c1cc(C)n2nc(-c3ccc(-n4ccnc4)cc3C)n(C)c(=O)c12. The van der Waals surface area contributed by atoms with Crippen LogP contribution in [0.15, 0.2) is 47.8 Å². The molecule has 0 fully saturated rings. The molecule has 0 saturated heterocycles. The summed E-state index contributed by atoms with van der Waals surface area (Å²) in [6, 6.07) is 8.27. The first-order chi connectivity index (χ1) is 14.0. The minimum atomic E-state index is 0.00286. The summed E-state index contributed by atoms with van der Waals surface area (Å²) >= 11 is 0. The predicted octanol–water partition coefficient (Wildman–Crippen LogP) is 4.41. The molecule has 3 heterocycles. The average Bonchev–Trinajstić information content (AvgIpc) is 3.35. The van der Waals surface area contributed by atoms with Crippen LogP contribution in [0.3, 0.4) is 0 Å². The number of nitrogens with zero attached hydrogens (tertiary/aromatic N) is 5. The normalized spacial score (nSPS) is 11.7. The highest BCUT2D eigenvalue weighted by molar-refractivity contribution is 5.65. The van der Waals surface area contributed by atoms with Crippen molar-refractivity contribution in [3.8, 4) is 17.1 Å². The maximum absolute atomic E-state index is 13.3. The van der Waals surface area contributed by atoms with Crippen LogP contribution in [0.4, 0.5) is 0 Å². The van der Waals surface area contributed by atoms with Gasteiger partial charge in [0.05, 0.1) is 6.33 Å². The fourth-order valence-electron chi connectivity index (χ4n) is 4.16. The van der Waals surface area contributed by atoms with Gasteiger partial charge in [-0.2, -0.15) is 0 Å². The maximum atomic E-state index is 13.3. The van der Waals surface area contributed by atoms with Crippen molar-refractivity contribution >= 4 is 5.52 Å². The van der Waals surface area contributed by atoms with Gasteiger partial charge in [0.1, 0.15) is 5.52 Å². The van der Waals surface area contributed by atoms with Gasteiger partial charge in [0, 0.05) is 36.4 Å². The van der Waals surface area contributed by atoms with Crippen molar-refractivity contribution < 1.29 is 0 Å². The minimum absolute atomic E-state index is 0.00286. The Balaban J connectivity index is 1.91. The lowest BCUT2D eigenvalue weighted by Gasteiger charge is -2.15. The summed E-state index contributed by atoms with van der Waals surface area (Å²) in [7, 11) is 1.81. The van der Waals surface area contributed by atoms with Gasteiger partial charge >= 0.3 is 0 Å². The van der Waals surface area contributed by atoms with E-state index in [0.29, 0.717) is 17.3 Å². The van der Waals surface area contributed by atoms with Crippen molar-refractivity contribution in [1.82, 2.24) is 23.7 Å². The Hall–Kier alpha value is -3.15. The standard InChI is InChI=1S/C23H27N5O/c1-6-17(7-2)20-13-16(4)28-21(20)23(29)26(5)22(25-28)19-9-8-18(12-15(19)3)27-11-10-24-14-27/h8-14,17H,6-7H2,1-5H3. The molecule has 0 unspecified atom stereocenters. The van der Waals surface area contributed by atoms with Crippen LogP contribution in [0.25, 0.3) is 22.6 Å². The molecule has 0 amide bonds. The molecule has 0 aliphatic rings. The zero-order chi connectivity index (χ0) is 20.7. The number of rotatable bonds is 5. The highest BCUT2D eigenvalue weighted by Crippen LogP contribution is 2.29. The zero-order valence-corrected chi connectivity index (χ0v) is 17.7. The number of imidazole rings is 1. The van der Waals surface area contributed by atoms with Crippen molar-refractivity contribution in [3.63, 3.8) is 0 Å². The smallest absolute Gasteiger partial charge is 0.278 e. The van der Waals surface area contributed by atoms with E-state index in [0.717, 1.165) is 40.9 Å². The molecular formula is C23H27N5O. The molecule has 150 valence electrons. The Morgan fingerprint density at radius 3 is 2.48 bits per heavy atom. The van der Waals surface area contributed by atoms with Crippen LogP contribution in [0, 0.1) is 13.8 Å². The third kappa shape index (κ3) is 3.09. The summed E-state index contributed by atoms with van der Waals surface area (Å²) in [5.41, 5.74) is 5.85. The predicted molar refractivity (Wildman–Crippen MR) is 116 cm³/mol. The number of hydrogen-bond donors (Lipinski definition) is 0. The number of benzene rings is 1. The average molecular weight is 390 g/mol. The summed E-state index contributed by atoms with van der Waals surface area (Å²) in [5, 5.41) is 4.89. The molecule has 0 atom stereocenters. The Bertz CT molecular complexity index is 1230. The van der Waals surface area contributed by atoms with E-state index in [-0.39, 0.29) is 5.56 Å². The van der Waals surface area contributed by atoms with Gasteiger partial charge in [-0.05, 0) is 68.0 Å². The molecule has 29 heavy (non-hydrogen) atoms. The number of fused-ring (bicyclic) bond motifs is 1. The molecule has 1 aromatic carbocycles. The fourth-order valence-corrected chi connectivity index (χ4v) is 4.16. The van der Waals surface area contributed by atoms with Crippen molar-refractivity contribution in [2.24, 2.45) is 7.05 Å². The summed E-state index contributed by atoms with van der Waals surface area (Å²) in [6.45, 7) is 8.41. The lowest BCUT2D eigenvalue weighted by molar-refractivity contribution is 0.644. The van der Waals surface area contributed by atoms with Gasteiger partial charge in [-0.1, -0.05) is 13.8 Å². The number of aromatic nitrogens is 5. The largest absolute Gasteiger partial charge is 0.306 e. The zero-order valence-electron chi connectivity index (χ0n) is 17.7. The van der Waals surface area contributed by atoms with E-state index in [1.807, 2.05) is 48.3 Å². The van der Waals surface area contributed by atoms with Crippen LogP contribution < -0.4 is 5.56 Å². The molecule has 0 spiro atoms. The summed E-state index contributed by atoms with van der Waals surface area (Å²) < 4.78 is 5.47. The van der Waals surface area contributed by atoms with Crippen molar-refractivity contribution in [3.05, 3.63) is 70.2 Å². The first-order valence-corrected chi connectivity index (χ1v) is 10.1. The van der Waals surface area contributed by atoms with Crippen molar-refractivity contribution in [1.29, 1.82) is 0 Å². The van der Waals surface area contributed by atoms with Gasteiger partial charge in [-0.3, -0.25) is 9.36 Å². The third-order valence-electron chi connectivity index (χ3n) is 5.88. The van der Waals surface area contributed by atoms with E-state index in [1.54, 1.807) is 17.1 Å². The van der Waals surface area contributed by atoms with E-state index in [4.69, 9.17) is 5.10 Å². The first kappa shape index (κ1) is 19.2. The molecule has 6 heteroatoms. The molecule has 6 nitrogen and oxygen atoms in total. The Labute approximate surface area is 170 Å². The van der Waals surface area contributed by atoms with Crippen LogP contribution in [0.5, 0.6) is 0 Å². The molecule has 0 aliphatic heterocycles. The lowest BCUT2D eigenvalue weighted by atomic mass is 9.95. The van der Waals surface area contributed by atoms with Crippen LogP contribution in [0.2, 0.25) is 0 Å². The van der Waals surface area contributed by atoms with E-state index in [2.05, 4.69) is 31.0 Å².